The Morgan fingerprint density at radius 3 is 2.78 bits per heavy atom. The van der Waals surface area contributed by atoms with E-state index in [4.69, 9.17) is 14.9 Å². The molecule has 0 spiro atoms. The first-order valence-electron chi connectivity index (χ1n) is 18.2. The quantitative estimate of drug-likeness (QED) is 0.253. The van der Waals surface area contributed by atoms with Gasteiger partial charge in [-0.05, 0) is 31.8 Å². The average molecular weight is 763 g/mol. The van der Waals surface area contributed by atoms with E-state index in [1.807, 2.05) is 13.8 Å². The molecule has 0 saturated carbocycles. The van der Waals surface area contributed by atoms with Crippen LogP contribution in [0.1, 0.15) is 62.8 Å². The van der Waals surface area contributed by atoms with Gasteiger partial charge in [0.1, 0.15) is 42.4 Å². The highest BCUT2D eigenvalue weighted by Gasteiger charge is 2.39. The van der Waals surface area contributed by atoms with E-state index >= 15 is 0 Å². The molecule has 1 fully saturated rings. The van der Waals surface area contributed by atoms with Crippen molar-refractivity contribution >= 4 is 29.5 Å². The van der Waals surface area contributed by atoms with Gasteiger partial charge in [-0.2, -0.15) is 0 Å². The maximum Gasteiger partial charge on any atom is 0.329 e. The summed E-state index contributed by atoms with van der Waals surface area (Å²) in [4.78, 5) is 67.0. The molecule has 0 radical (unpaired) electrons. The number of carbonyl (C=O) groups is 4. The Labute approximate surface area is 317 Å². The van der Waals surface area contributed by atoms with Crippen molar-refractivity contribution in [1.29, 1.82) is 0 Å². The van der Waals surface area contributed by atoms with Crippen LogP contribution in [0.4, 0.5) is 10.2 Å². The monoisotopic (exact) mass is 762 g/mol. The van der Waals surface area contributed by atoms with Crippen molar-refractivity contribution < 1.29 is 37.8 Å². The standard InChI is InChI=1S/C37H47FN10O7/c1-22(2)35-24(15-33(51)41-11-13-47-19-28(45-46-47)27-18-31(39)43-21-42-27)8-9-32(50)40-10-4-6-23(3)14-26(49)16-25(38)17-34-44-29(20-54-34)36(52)48-12-5-7-30(48)37(53)55-35/h4,6,8-9,14,18-22,24-26,30,35,49H,5,7,10-13,15-17H2,1-3H3,(H,40,50)(H,41,51)(H2,39,42,43)/b6-4?,9-8+,23-14?/t24-,25+,26+,30+,35+/m0/s1. The van der Waals surface area contributed by atoms with Crippen LogP contribution in [0, 0.1) is 11.8 Å². The molecule has 0 aromatic carbocycles. The molecule has 5 N–H and O–H groups in total. The zero-order valence-electron chi connectivity index (χ0n) is 31.0. The number of nitrogens with zero attached hydrogens (tertiary/aromatic N) is 7. The minimum absolute atomic E-state index is 0.0113. The van der Waals surface area contributed by atoms with Crippen molar-refractivity contribution in [3.05, 3.63) is 72.4 Å². The van der Waals surface area contributed by atoms with E-state index in [0.29, 0.717) is 36.3 Å². The van der Waals surface area contributed by atoms with E-state index in [1.54, 1.807) is 42.1 Å². The van der Waals surface area contributed by atoms with Crippen molar-refractivity contribution in [2.45, 2.75) is 83.8 Å². The van der Waals surface area contributed by atoms with Crippen LogP contribution < -0.4 is 16.4 Å². The van der Waals surface area contributed by atoms with Crippen LogP contribution >= 0.6 is 0 Å². The Bertz CT molecular complexity index is 1910. The number of nitrogens with one attached hydrogen (secondary N) is 2. The van der Waals surface area contributed by atoms with Crippen LogP contribution in [0.2, 0.25) is 0 Å². The molecule has 5 heterocycles. The van der Waals surface area contributed by atoms with Crippen LogP contribution in [-0.4, -0.2) is 108 Å². The Hall–Kier alpha value is -5.78. The first kappa shape index (κ1) is 40.4. The maximum absolute atomic E-state index is 14.8. The number of halogens is 1. The molecule has 2 aliphatic rings. The fourth-order valence-corrected chi connectivity index (χ4v) is 6.40. The van der Waals surface area contributed by atoms with Gasteiger partial charge in [0.25, 0.3) is 5.91 Å². The minimum atomic E-state index is -1.51. The highest BCUT2D eigenvalue weighted by atomic mass is 19.1. The molecule has 18 heteroatoms. The minimum Gasteiger partial charge on any atom is -0.460 e. The van der Waals surface area contributed by atoms with Crippen LogP contribution in [-0.2, 0) is 32.1 Å². The highest BCUT2D eigenvalue weighted by molar-refractivity contribution is 5.95. The molecule has 2 bridgehead atoms. The summed E-state index contributed by atoms with van der Waals surface area (Å²) in [6, 6.07) is 0.636. The van der Waals surface area contributed by atoms with Crippen LogP contribution in [0.15, 0.2) is 65.2 Å². The Morgan fingerprint density at radius 1 is 1.18 bits per heavy atom. The number of carbonyl (C=O) groups excluding carboxylic acids is 4. The number of ether oxygens (including phenoxy) is 1. The van der Waals surface area contributed by atoms with Crippen molar-refractivity contribution in [2.75, 3.05) is 25.4 Å². The number of oxazole rings is 1. The Kier molecular flexibility index (Phi) is 14.0. The number of amides is 3. The second kappa shape index (κ2) is 19.0. The molecule has 0 unspecified atom stereocenters. The summed E-state index contributed by atoms with van der Waals surface area (Å²) in [6.07, 6.45) is 8.62. The molecule has 55 heavy (non-hydrogen) atoms. The fraction of sp³-hybridized carbons (Fsp3) is 0.486. The number of aromatic nitrogens is 6. The highest BCUT2D eigenvalue weighted by Crippen LogP contribution is 2.27. The predicted octanol–water partition coefficient (Wildman–Crippen LogP) is 2.12. The molecular formula is C37H47FN10O7. The van der Waals surface area contributed by atoms with E-state index in [2.05, 4.69) is 35.9 Å². The maximum atomic E-state index is 14.8. The summed E-state index contributed by atoms with van der Waals surface area (Å²) in [5, 5.41) is 24.2. The number of anilines is 1. The van der Waals surface area contributed by atoms with Gasteiger partial charge in [-0.25, -0.2) is 24.1 Å². The molecule has 294 valence electrons. The lowest BCUT2D eigenvalue weighted by molar-refractivity contribution is -0.159. The molecule has 3 amide bonds. The number of nitrogen functional groups attached to an aromatic ring is 1. The smallest absolute Gasteiger partial charge is 0.329 e. The van der Waals surface area contributed by atoms with Gasteiger partial charge >= 0.3 is 5.97 Å². The number of esters is 1. The first-order chi connectivity index (χ1) is 26.4. The molecule has 17 nitrogen and oxygen atoms in total. The zero-order valence-corrected chi connectivity index (χ0v) is 31.0. The van der Waals surface area contributed by atoms with Gasteiger partial charge in [0.2, 0.25) is 11.8 Å². The number of hydrogen-bond acceptors (Lipinski definition) is 13. The first-order valence-corrected chi connectivity index (χ1v) is 18.2. The lowest BCUT2D eigenvalue weighted by Gasteiger charge is -2.30. The molecule has 2 aliphatic heterocycles. The van der Waals surface area contributed by atoms with Crippen molar-refractivity contribution in [1.82, 2.24) is 45.5 Å². The summed E-state index contributed by atoms with van der Waals surface area (Å²) >= 11 is 0. The number of aliphatic hydroxyl groups is 1. The molecule has 3 aromatic heterocycles. The average Bonchev–Trinajstić information content (AvgIpc) is 3.92. The van der Waals surface area contributed by atoms with Gasteiger partial charge in [0, 0.05) is 44.5 Å². The topological polar surface area (TPSA) is 234 Å². The molecule has 1 saturated heterocycles. The van der Waals surface area contributed by atoms with Gasteiger partial charge in [0.05, 0.1) is 31.0 Å². The van der Waals surface area contributed by atoms with E-state index in [-0.39, 0.29) is 68.1 Å². The third-order valence-electron chi connectivity index (χ3n) is 9.08. The second-order valence-electron chi connectivity index (χ2n) is 13.9. The normalized spacial score (nSPS) is 23.8. The lowest BCUT2D eigenvalue weighted by Crippen LogP contribution is -2.44. The van der Waals surface area contributed by atoms with Gasteiger partial charge in [0.15, 0.2) is 11.6 Å². The summed E-state index contributed by atoms with van der Waals surface area (Å²) in [6.45, 7) is 6.30. The third kappa shape index (κ3) is 11.6. The molecule has 0 aliphatic carbocycles. The number of fused-ring (bicyclic) bond motifs is 3. The molecule has 5 rings (SSSR count). The Morgan fingerprint density at radius 2 is 2.00 bits per heavy atom. The van der Waals surface area contributed by atoms with Gasteiger partial charge in [-0.3, -0.25) is 19.1 Å². The number of alkyl halides is 1. The predicted molar refractivity (Wildman–Crippen MR) is 196 cm³/mol. The van der Waals surface area contributed by atoms with Crippen LogP contribution in [0.25, 0.3) is 11.4 Å². The zero-order chi connectivity index (χ0) is 39.5. The number of allylic oxidation sites excluding steroid dienone is 2. The van der Waals surface area contributed by atoms with Gasteiger partial charge in [-0.15, -0.1) is 5.10 Å². The van der Waals surface area contributed by atoms with Crippen molar-refractivity contribution in [2.24, 2.45) is 11.8 Å². The summed E-state index contributed by atoms with van der Waals surface area (Å²) in [5.74, 6) is -2.77. The van der Waals surface area contributed by atoms with Crippen LogP contribution in [0.5, 0.6) is 0 Å². The van der Waals surface area contributed by atoms with Crippen LogP contribution in [0.3, 0.4) is 0 Å². The summed E-state index contributed by atoms with van der Waals surface area (Å²) in [5.41, 5.74) is 7.31. The number of rotatable bonds is 7. The number of nitrogens with two attached hydrogens (primary N) is 1. The van der Waals surface area contributed by atoms with Gasteiger partial charge < -0.3 is 35.5 Å². The van der Waals surface area contributed by atoms with E-state index < -0.39 is 48.1 Å². The van der Waals surface area contributed by atoms with Gasteiger partial charge in [-0.1, -0.05) is 48.9 Å². The molecule has 3 aromatic rings. The van der Waals surface area contributed by atoms with E-state index in [9.17, 15) is 28.7 Å². The lowest BCUT2D eigenvalue weighted by atomic mass is 9.89. The summed E-state index contributed by atoms with van der Waals surface area (Å²) < 4.78 is 27.9. The summed E-state index contributed by atoms with van der Waals surface area (Å²) in [7, 11) is 0. The largest absolute Gasteiger partial charge is 0.460 e. The van der Waals surface area contributed by atoms with Crippen molar-refractivity contribution in [3.8, 4) is 11.4 Å². The Balaban J connectivity index is 1.32. The second-order valence-corrected chi connectivity index (χ2v) is 13.9. The number of hydrogen-bond donors (Lipinski definition) is 4. The van der Waals surface area contributed by atoms with E-state index in [0.717, 1.165) is 6.26 Å². The third-order valence-corrected chi connectivity index (χ3v) is 9.08. The fourth-order valence-electron chi connectivity index (χ4n) is 6.40. The molecular weight excluding hydrogens is 715 g/mol. The SMILES string of the molecule is CC1=C[C@@H](O)C[C@@H](F)Cc2nc(co2)C(=O)N2CCC[C@@H]2C(=O)O[C@H](C(C)C)[C@H](CC(=O)NCCn2cc(-c3cc(N)ncn3)nn2)/C=C/C(=O)NCC=C1. The number of aliphatic hydroxyl groups excluding tert-OH is 1. The van der Waals surface area contributed by atoms with E-state index in [1.165, 1.54) is 23.4 Å². The number of cyclic esters (lactones) is 1. The van der Waals surface area contributed by atoms with Crippen molar-refractivity contribution in [3.63, 3.8) is 0 Å². The molecule has 5 atom stereocenters.